The van der Waals surface area contributed by atoms with Crippen molar-refractivity contribution in [3.63, 3.8) is 0 Å². The van der Waals surface area contributed by atoms with Crippen LogP contribution in [0, 0.1) is 0 Å². The molecule has 1 heterocycles. The molecule has 0 aromatic rings. The molecule has 0 amide bonds. The Morgan fingerprint density at radius 2 is 2.00 bits per heavy atom. The van der Waals surface area contributed by atoms with Crippen LogP contribution in [0.3, 0.4) is 0 Å². The highest BCUT2D eigenvalue weighted by molar-refractivity contribution is 7.86. The Morgan fingerprint density at radius 1 is 1.43 bits per heavy atom. The number of hydrogen-bond donors (Lipinski definition) is 2. The first kappa shape index (κ1) is 11.9. The zero-order chi connectivity index (χ0) is 10.9. The summed E-state index contributed by atoms with van der Waals surface area (Å²) in [6, 6.07) is 0. The van der Waals surface area contributed by atoms with Gasteiger partial charge in [-0.05, 0) is 6.92 Å². The Bertz CT molecular complexity index is 275. The molecule has 0 radical (unpaired) electrons. The topological polar surface area (TPSA) is 93.1 Å². The molecule has 0 aliphatic carbocycles. The Hall–Kier alpha value is -0.210. The van der Waals surface area contributed by atoms with E-state index >= 15 is 0 Å². The zero-order valence-electron chi connectivity index (χ0n) is 7.95. The first-order valence-corrected chi connectivity index (χ1v) is 6.01. The Labute approximate surface area is 82.6 Å². The van der Waals surface area contributed by atoms with Gasteiger partial charge in [-0.2, -0.15) is 8.42 Å². The van der Waals surface area contributed by atoms with Crippen LogP contribution >= 0.6 is 0 Å². The molecule has 4 unspecified atom stereocenters. The van der Waals surface area contributed by atoms with Gasteiger partial charge in [0, 0.05) is 6.42 Å². The van der Waals surface area contributed by atoms with Crippen LogP contribution in [-0.2, 0) is 19.0 Å². The van der Waals surface area contributed by atoms with Crippen LogP contribution in [0.4, 0.5) is 0 Å². The molecule has 1 rings (SSSR count). The molecule has 0 aromatic heterocycles. The second-order valence-electron chi connectivity index (χ2n) is 3.36. The molecule has 0 spiro atoms. The molecule has 0 saturated carbocycles. The monoisotopic (exact) mass is 226 g/mol. The van der Waals surface area contributed by atoms with Gasteiger partial charge < -0.3 is 14.9 Å². The van der Waals surface area contributed by atoms with Crippen molar-refractivity contribution in [2.75, 3.05) is 6.26 Å². The minimum atomic E-state index is -3.63. The van der Waals surface area contributed by atoms with Crippen molar-refractivity contribution in [2.45, 2.75) is 37.9 Å². The van der Waals surface area contributed by atoms with E-state index in [1.54, 1.807) is 0 Å². The third-order valence-electron chi connectivity index (χ3n) is 1.94. The van der Waals surface area contributed by atoms with E-state index in [2.05, 4.69) is 4.18 Å². The summed E-state index contributed by atoms with van der Waals surface area (Å²) in [6.07, 6.45) is -2.87. The summed E-state index contributed by atoms with van der Waals surface area (Å²) in [5.74, 6) is 0. The molecule has 1 saturated heterocycles. The van der Waals surface area contributed by atoms with Gasteiger partial charge in [-0.25, -0.2) is 0 Å². The quantitative estimate of drug-likeness (QED) is 0.576. The number of hydrogen-bond acceptors (Lipinski definition) is 6. The summed E-state index contributed by atoms with van der Waals surface area (Å²) >= 11 is 0. The molecular weight excluding hydrogens is 212 g/mol. The fraction of sp³-hybridized carbons (Fsp3) is 1.00. The van der Waals surface area contributed by atoms with E-state index in [4.69, 9.17) is 9.84 Å². The molecule has 84 valence electrons. The van der Waals surface area contributed by atoms with Crippen LogP contribution in [0.25, 0.3) is 0 Å². The molecule has 14 heavy (non-hydrogen) atoms. The molecule has 0 bridgehead atoms. The molecule has 1 aliphatic heterocycles. The van der Waals surface area contributed by atoms with E-state index in [1.165, 1.54) is 6.92 Å². The Kier molecular flexibility index (Phi) is 3.49. The molecule has 6 nitrogen and oxygen atoms in total. The standard InChI is InChI=1S/C7H14O6S/c1-4-7(13-14(2,10)11)5(8)3-6(9)12-4/h4-9H,3H2,1-2H3. The summed E-state index contributed by atoms with van der Waals surface area (Å²) in [4.78, 5) is 0. The van der Waals surface area contributed by atoms with Crippen molar-refractivity contribution in [3.8, 4) is 0 Å². The highest BCUT2D eigenvalue weighted by atomic mass is 32.2. The van der Waals surface area contributed by atoms with E-state index in [1.807, 2.05) is 0 Å². The molecule has 1 aliphatic rings. The lowest BCUT2D eigenvalue weighted by Gasteiger charge is -2.34. The van der Waals surface area contributed by atoms with Gasteiger partial charge in [0.1, 0.15) is 6.10 Å². The van der Waals surface area contributed by atoms with Gasteiger partial charge in [-0.1, -0.05) is 0 Å². The lowest BCUT2D eigenvalue weighted by atomic mass is 10.0. The van der Waals surface area contributed by atoms with Crippen LogP contribution in [0.1, 0.15) is 13.3 Å². The first-order valence-electron chi connectivity index (χ1n) is 4.19. The second-order valence-corrected chi connectivity index (χ2v) is 4.96. The van der Waals surface area contributed by atoms with Gasteiger partial charge in [0.25, 0.3) is 10.1 Å². The number of rotatable bonds is 2. The normalized spacial score (nSPS) is 39.7. The van der Waals surface area contributed by atoms with Crippen LogP contribution in [0.5, 0.6) is 0 Å². The molecule has 1 fully saturated rings. The number of ether oxygens (including phenoxy) is 1. The van der Waals surface area contributed by atoms with Crippen LogP contribution in [0.2, 0.25) is 0 Å². The zero-order valence-corrected chi connectivity index (χ0v) is 8.77. The maximum Gasteiger partial charge on any atom is 0.264 e. The van der Waals surface area contributed by atoms with Gasteiger partial charge in [0.15, 0.2) is 6.29 Å². The van der Waals surface area contributed by atoms with E-state index < -0.39 is 34.7 Å². The largest absolute Gasteiger partial charge is 0.390 e. The fourth-order valence-electron chi connectivity index (χ4n) is 1.38. The van der Waals surface area contributed by atoms with E-state index in [0.717, 1.165) is 6.26 Å². The van der Waals surface area contributed by atoms with Crippen molar-refractivity contribution < 1.29 is 27.6 Å². The third kappa shape index (κ3) is 3.18. The maximum absolute atomic E-state index is 10.8. The first-order chi connectivity index (χ1) is 6.29. The summed E-state index contributed by atoms with van der Waals surface area (Å²) in [7, 11) is -3.63. The van der Waals surface area contributed by atoms with E-state index in [0.29, 0.717) is 0 Å². The average Bonchev–Trinajstić information content (AvgIpc) is 1.95. The smallest absolute Gasteiger partial charge is 0.264 e. The Morgan fingerprint density at radius 3 is 2.43 bits per heavy atom. The highest BCUT2D eigenvalue weighted by Crippen LogP contribution is 2.22. The lowest BCUT2D eigenvalue weighted by molar-refractivity contribution is -0.220. The Balaban J connectivity index is 2.68. The van der Waals surface area contributed by atoms with Crippen molar-refractivity contribution in [3.05, 3.63) is 0 Å². The number of aliphatic hydroxyl groups excluding tert-OH is 2. The molecule has 4 atom stereocenters. The minimum absolute atomic E-state index is 0.0511. The van der Waals surface area contributed by atoms with Crippen molar-refractivity contribution in [2.24, 2.45) is 0 Å². The van der Waals surface area contributed by atoms with Gasteiger partial charge >= 0.3 is 0 Å². The fourth-order valence-corrected chi connectivity index (χ4v) is 2.07. The summed E-state index contributed by atoms with van der Waals surface area (Å²) < 4.78 is 31.2. The van der Waals surface area contributed by atoms with Crippen molar-refractivity contribution >= 4 is 10.1 Å². The SMILES string of the molecule is CC1OC(O)CC(O)C1OS(C)(=O)=O. The summed E-state index contributed by atoms with van der Waals surface area (Å²) in [5.41, 5.74) is 0. The summed E-state index contributed by atoms with van der Waals surface area (Å²) in [5, 5.41) is 18.5. The average molecular weight is 226 g/mol. The van der Waals surface area contributed by atoms with Crippen LogP contribution < -0.4 is 0 Å². The molecular formula is C7H14O6S. The van der Waals surface area contributed by atoms with Crippen molar-refractivity contribution in [1.29, 1.82) is 0 Å². The minimum Gasteiger partial charge on any atom is -0.390 e. The van der Waals surface area contributed by atoms with Gasteiger partial charge in [0.2, 0.25) is 0 Å². The lowest BCUT2D eigenvalue weighted by Crippen LogP contribution is -2.49. The van der Waals surface area contributed by atoms with Crippen LogP contribution in [-0.4, -0.2) is 49.5 Å². The van der Waals surface area contributed by atoms with Crippen molar-refractivity contribution in [1.82, 2.24) is 0 Å². The molecule has 7 heteroatoms. The second kappa shape index (κ2) is 4.11. The molecule has 2 N–H and O–H groups in total. The van der Waals surface area contributed by atoms with Gasteiger partial charge in [-0.3, -0.25) is 4.18 Å². The van der Waals surface area contributed by atoms with Gasteiger partial charge in [-0.15, -0.1) is 0 Å². The van der Waals surface area contributed by atoms with E-state index in [9.17, 15) is 13.5 Å². The predicted octanol–water partition coefficient (Wildman–Crippen LogP) is -1.18. The van der Waals surface area contributed by atoms with Crippen LogP contribution in [0.15, 0.2) is 0 Å². The van der Waals surface area contributed by atoms with Gasteiger partial charge in [0.05, 0.1) is 18.5 Å². The van der Waals surface area contributed by atoms with E-state index in [-0.39, 0.29) is 6.42 Å². The molecule has 0 aromatic carbocycles. The third-order valence-corrected chi connectivity index (χ3v) is 2.51. The maximum atomic E-state index is 10.8. The predicted molar refractivity (Wildman–Crippen MR) is 46.9 cm³/mol. The summed E-state index contributed by atoms with van der Waals surface area (Å²) in [6.45, 7) is 1.53. The highest BCUT2D eigenvalue weighted by Gasteiger charge is 2.37. The number of aliphatic hydroxyl groups is 2.